The lowest BCUT2D eigenvalue weighted by Crippen LogP contribution is -2.34. The molecule has 5 nitrogen and oxygen atoms in total. The fourth-order valence-electron chi connectivity index (χ4n) is 1.26. The van der Waals surface area contributed by atoms with Gasteiger partial charge >= 0.3 is 5.97 Å². The average Bonchev–Trinajstić information content (AvgIpc) is 2.27. The molecule has 0 heterocycles. The van der Waals surface area contributed by atoms with E-state index >= 15 is 0 Å². The van der Waals surface area contributed by atoms with Gasteiger partial charge in [-0.2, -0.15) is 0 Å². The summed E-state index contributed by atoms with van der Waals surface area (Å²) in [4.78, 5) is 22.5. The summed E-state index contributed by atoms with van der Waals surface area (Å²) in [5.74, 6) is -1.69. The molecule has 2 unspecified atom stereocenters. The molecule has 1 aromatic carbocycles. The van der Waals surface area contributed by atoms with Crippen LogP contribution in [0.4, 0.5) is 5.69 Å². The number of carbonyl (C=O) groups is 2. The second-order valence-electron chi connectivity index (χ2n) is 4.14. The van der Waals surface area contributed by atoms with Gasteiger partial charge in [-0.05, 0) is 25.1 Å². The molecule has 4 N–H and O–H groups in total. The Morgan fingerprint density at radius 1 is 1.39 bits per heavy atom. The average molecular weight is 271 g/mol. The first kappa shape index (κ1) is 14.5. The topological polar surface area (TPSA) is 92.4 Å². The minimum absolute atomic E-state index is 0.00472. The molecule has 1 aromatic rings. The zero-order valence-corrected chi connectivity index (χ0v) is 10.9. The van der Waals surface area contributed by atoms with Gasteiger partial charge in [-0.1, -0.05) is 18.5 Å². The van der Waals surface area contributed by atoms with Gasteiger partial charge in [-0.25, -0.2) is 4.79 Å². The van der Waals surface area contributed by atoms with Crippen molar-refractivity contribution in [1.29, 1.82) is 0 Å². The van der Waals surface area contributed by atoms with Crippen LogP contribution in [0.3, 0.4) is 0 Å². The number of halogens is 1. The maximum Gasteiger partial charge on any atom is 0.337 e. The molecule has 0 bridgehead atoms. The first-order valence-corrected chi connectivity index (χ1v) is 5.80. The van der Waals surface area contributed by atoms with Crippen LogP contribution in [0.2, 0.25) is 5.02 Å². The van der Waals surface area contributed by atoms with E-state index in [0.29, 0.717) is 5.69 Å². The van der Waals surface area contributed by atoms with Gasteiger partial charge in [0.2, 0.25) is 5.91 Å². The summed E-state index contributed by atoms with van der Waals surface area (Å²) in [5.41, 5.74) is 6.06. The van der Waals surface area contributed by atoms with Crippen LogP contribution in [-0.4, -0.2) is 23.0 Å². The predicted molar refractivity (Wildman–Crippen MR) is 69.9 cm³/mol. The van der Waals surface area contributed by atoms with Crippen molar-refractivity contribution in [2.75, 3.05) is 5.32 Å². The third-order valence-electron chi connectivity index (χ3n) is 2.67. The van der Waals surface area contributed by atoms with Gasteiger partial charge in [0, 0.05) is 11.7 Å². The Labute approximate surface area is 110 Å². The van der Waals surface area contributed by atoms with Gasteiger partial charge in [0.1, 0.15) is 0 Å². The van der Waals surface area contributed by atoms with E-state index in [1.54, 1.807) is 13.8 Å². The summed E-state index contributed by atoms with van der Waals surface area (Å²) >= 11 is 5.79. The molecule has 1 amide bonds. The van der Waals surface area contributed by atoms with Gasteiger partial charge in [0.25, 0.3) is 0 Å². The van der Waals surface area contributed by atoms with E-state index in [9.17, 15) is 9.59 Å². The molecule has 1 rings (SSSR count). The fraction of sp³-hybridized carbons (Fsp3) is 0.333. The summed E-state index contributed by atoms with van der Waals surface area (Å²) in [7, 11) is 0. The molecule has 0 aromatic heterocycles. The highest BCUT2D eigenvalue weighted by Gasteiger charge is 2.17. The lowest BCUT2D eigenvalue weighted by atomic mass is 10.0. The van der Waals surface area contributed by atoms with Crippen LogP contribution in [0.5, 0.6) is 0 Å². The maximum absolute atomic E-state index is 11.7. The van der Waals surface area contributed by atoms with Gasteiger partial charge in [-0.3, -0.25) is 4.79 Å². The summed E-state index contributed by atoms with van der Waals surface area (Å²) in [6.07, 6.45) is 0. The van der Waals surface area contributed by atoms with Crippen molar-refractivity contribution in [1.82, 2.24) is 0 Å². The highest BCUT2D eigenvalue weighted by molar-refractivity contribution is 6.33. The number of hydrogen-bond donors (Lipinski definition) is 3. The van der Waals surface area contributed by atoms with Crippen LogP contribution in [-0.2, 0) is 4.79 Å². The number of nitrogens with one attached hydrogen (secondary N) is 1. The summed E-state index contributed by atoms with van der Waals surface area (Å²) in [6.45, 7) is 3.46. The van der Waals surface area contributed by atoms with Gasteiger partial charge < -0.3 is 16.2 Å². The minimum Gasteiger partial charge on any atom is -0.478 e. The van der Waals surface area contributed by atoms with Crippen molar-refractivity contribution in [2.24, 2.45) is 11.7 Å². The van der Waals surface area contributed by atoms with Crippen LogP contribution in [0, 0.1) is 5.92 Å². The van der Waals surface area contributed by atoms with E-state index in [2.05, 4.69) is 5.32 Å². The van der Waals surface area contributed by atoms with Gasteiger partial charge in [-0.15, -0.1) is 0 Å². The van der Waals surface area contributed by atoms with Crippen LogP contribution in [0.25, 0.3) is 0 Å². The molecular weight excluding hydrogens is 256 g/mol. The maximum atomic E-state index is 11.7. The normalized spacial score (nSPS) is 13.8. The number of benzene rings is 1. The zero-order chi connectivity index (χ0) is 13.9. The molecule has 0 saturated heterocycles. The Bertz CT molecular complexity index is 474. The van der Waals surface area contributed by atoms with E-state index in [1.165, 1.54) is 18.2 Å². The molecule has 0 aliphatic rings. The van der Waals surface area contributed by atoms with E-state index < -0.39 is 5.97 Å². The molecule has 98 valence electrons. The summed E-state index contributed by atoms with van der Waals surface area (Å²) in [6, 6.07) is 3.97. The molecule has 0 radical (unpaired) electrons. The number of carboxylic acid groups (broad SMARTS) is 1. The number of nitrogens with two attached hydrogens (primary N) is 1. The highest BCUT2D eigenvalue weighted by Crippen LogP contribution is 2.21. The number of amides is 1. The third kappa shape index (κ3) is 3.45. The molecule has 18 heavy (non-hydrogen) atoms. The number of carbonyl (C=O) groups excluding carboxylic acids is 1. The van der Waals surface area contributed by atoms with Crippen molar-refractivity contribution in [2.45, 2.75) is 19.9 Å². The Morgan fingerprint density at radius 3 is 2.44 bits per heavy atom. The lowest BCUT2D eigenvalue weighted by Gasteiger charge is -2.15. The van der Waals surface area contributed by atoms with E-state index in [4.69, 9.17) is 22.4 Å². The number of carboxylic acids is 1. The SMILES string of the molecule is CC(N)C(C)C(=O)Nc1ccc(C(=O)O)c(Cl)c1. The molecule has 0 aliphatic carbocycles. The Kier molecular flexibility index (Phi) is 4.69. The number of anilines is 1. The number of hydrogen-bond acceptors (Lipinski definition) is 3. The second-order valence-corrected chi connectivity index (χ2v) is 4.54. The van der Waals surface area contributed by atoms with Crippen LogP contribution < -0.4 is 11.1 Å². The van der Waals surface area contributed by atoms with Crippen molar-refractivity contribution >= 4 is 29.2 Å². The minimum atomic E-state index is -1.11. The Balaban J connectivity index is 2.84. The van der Waals surface area contributed by atoms with Crippen molar-refractivity contribution < 1.29 is 14.7 Å². The van der Waals surface area contributed by atoms with Crippen molar-refractivity contribution in [3.8, 4) is 0 Å². The molecular formula is C12H15ClN2O3. The van der Waals surface area contributed by atoms with E-state index in [0.717, 1.165) is 0 Å². The van der Waals surface area contributed by atoms with E-state index in [-0.39, 0.29) is 28.5 Å². The molecule has 2 atom stereocenters. The van der Waals surface area contributed by atoms with Gasteiger partial charge in [0.05, 0.1) is 16.5 Å². The Hall–Kier alpha value is -1.59. The number of rotatable bonds is 4. The van der Waals surface area contributed by atoms with Gasteiger partial charge in [0.15, 0.2) is 0 Å². The zero-order valence-electron chi connectivity index (χ0n) is 10.1. The fourth-order valence-corrected chi connectivity index (χ4v) is 1.52. The number of aromatic carboxylic acids is 1. The van der Waals surface area contributed by atoms with Crippen LogP contribution in [0.15, 0.2) is 18.2 Å². The molecule has 0 saturated carbocycles. The smallest absolute Gasteiger partial charge is 0.337 e. The highest BCUT2D eigenvalue weighted by atomic mass is 35.5. The standard InChI is InChI=1S/C12H15ClN2O3/c1-6(7(2)14)11(16)15-8-3-4-9(12(17)18)10(13)5-8/h3-7H,14H2,1-2H3,(H,15,16)(H,17,18). The molecule has 0 aliphatic heterocycles. The molecule has 0 spiro atoms. The van der Waals surface area contributed by atoms with Crippen molar-refractivity contribution in [3.63, 3.8) is 0 Å². The second kappa shape index (κ2) is 5.84. The summed E-state index contributed by atoms with van der Waals surface area (Å²) < 4.78 is 0. The van der Waals surface area contributed by atoms with Crippen LogP contribution in [0.1, 0.15) is 24.2 Å². The van der Waals surface area contributed by atoms with E-state index in [1.807, 2.05) is 0 Å². The van der Waals surface area contributed by atoms with Crippen molar-refractivity contribution in [3.05, 3.63) is 28.8 Å². The largest absolute Gasteiger partial charge is 0.478 e. The first-order valence-electron chi connectivity index (χ1n) is 5.42. The quantitative estimate of drug-likeness (QED) is 0.780. The molecule has 6 heteroatoms. The van der Waals surface area contributed by atoms with Crippen LogP contribution >= 0.6 is 11.6 Å². The Morgan fingerprint density at radius 2 is 2.00 bits per heavy atom. The summed E-state index contributed by atoms with van der Waals surface area (Å²) in [5, 5.41) is 11.5. The monoisotopic (exact) mass is 270 g/mol. The predicted octanol–water partition coefficient (Wildman–Crippen LogP) is 1.96. The first-order chi connectivity index (χ1) is 8.32. The third-order valence-corrected chi connectivity index (χ3v) is 2.98. The lowest BCUT2D eigenvalue weighted by molar-refractivity contribution is -0.119. The molecule has 0 fully saturated rings.